The van der Waals surface area contributed by atoms with E-state index in [0.29, 0.717) is 4.90 Å². The molecule has 3 nitrogen and oxygen atoms in total. The van der Waals surface area contributed by atoms with Crippen LogP contribution in [0.5, 0.6) is 0 Å². The van der Waals surface area contributed by atoms with Crippen molar-refractivity contribution in [2.45, 2.75) is 31.7 Å². The summed E-state index contributed by atoms with van der Waals surface area (Å²) in [6, 6.07) is 13.5. The van der Waals surface area contributed by atoms with E-state index >= 15 is 0 Å². The highest BCUT2D eigenvalue weighted by Gasteiger charge is 2.10. The van der Waals surface area contributed by atoms with Crippen LogP contribution in [0.4, 0.5) is 5.69 Å². The van der Waals surface area contributed by atoms with Crippen molar-refractivity contribution in [1.82, 2.24) is 0 Å². The van der Waals surface area contributed by atoms with Crippen LogP contribution in [0.1, 0.15) is 29.7 Å². The maximum Gasteiger partial charge on any atom is 0.175 e. The molecule has 0 bridgehead atoms. The third kappa shape index (κ3) is 4.08. The maximum atomic E-state index is 11.6. The summed E-state index contributed by atoms with van der Waals surface area (Å²) in [5.41, 5.74) is 4.45. The first-order valence-electron chi connectivity index (χ1n) is 6.90. The lowest BCUT2D eigenvalue weighted by Gasteiger charge is -2.17. The van der Waals surface area contributed by atoms with Gasteiger partial charge in [0.2, 0.25) is 0 Å². The van der Waals surface area contributed by atoms with Crippen LogP contribution in [0.25, 0.3) is 0 Å². The van der Waals surface area contributed by atoms with Gasteiger partial charge in [0.15, 0.2) is 9.84 Å². The largest absolute Gasteiger partial charge is 0.378 e. The lowest BCUT2D eigenvalue weighted by molar-refractivity contribution is 0.602. The Kier molecular flexibility index (Phi) is 4.37. The number of hydrogen-bond donors (Lipinski definition) is 1. The van der Waals surface area contributed by atoms with E-state index in [9.17, 15) is 8.42 Å². The molecule has 0 saturated heterocycles. The van der Waals surface area contributed by atoms with E-state index in [2.05, 4.69) is 44.3 Å². The Labute approximate surface area is 126 Å². The molecule has 0 amide bonds. The number of hydrogen-bond acceptors (Lipinski definition) is 3. The third-order valence-corrected chi connectivity index (χ3v) is 4.50. The number of nitrogens with one attached hydrogen (secondary N) is 1. The normalized spacial score (nSPS) is 13.0. The molecule has 2 aromatic carbocycles. The first-order chi connectivity index (χ1) is 9.75. The van der Waals surface area contributed by atoms with Gasteiger partial charge in [-0.25, -0.2) is 8.42 Å². The second-order valence-electron chi connectivity index (χ2n) is 5.59. The zero-order valence-electron chi connectivity index (χ0n) is 12.8. The fraction of sp³-hybridized carbons (Fsp3) is 0.294. The standard InChI is InChI=1S/C17H21NO2S/c1-12-8-13(2)10-15(9-12)14(3)18-16-6-5-7-17(11-16)21(4,19)20/h5-11,14,18H,1-4H3. The van der Waals surface area contributed by atoms with Crippen LogP contribution in [0.15, 0.2) is 47.4 Å². The highest BCUT2D eigenvalue weighted by Crippen LogP contribution is 2.23. The van der Waals surface area contributed by atoms with Gasteiger partial charge in [-0.05, 0) is 44.5 Å². The lowest BCUT2D eigenvalue weighted by Crippen LogP contribution is -2.08. The second-order valence-corrected chi connectivity index (χ2v) is 7.60. The molecule has 0 fully saturated rings. The molecule has 0 heterocycles. The predicted molar refractivity (Wildman–Crippen MR) is 87.5 cm³/mol. The second kappa shape index (κ2) is 5.90. The van der Waals surface area contributed by atoms with E-state index in [1.54, 1.807) is 18.2 Å². The summed E-state index contributed by atoms with van der Waals surface area (Å²) in [6.07, 6.45) is 1.22. The van der Waals surface area contributed by atoms with E-state index in [1.807, 2.05) is 6.07 Å². The third-order valence-electron chi connectivity index (χ3n) is 3.39. The molecule has 21 heavy (non-hydrogen) atoms. The van der Waals surface area contributed by atoms with Crippen molar-refractivity contribution in [1.29, 1.82) is 0 Å². The first kappa shape index (κ1) is 15.6. The monoisotopic (exact) mass is 303 g/mol. The molecule has 0 saturated carbocycles. The van der Waals surface area contributed by atoms with E-state index < -0.39 is 9.84 Å². The molecule has 1 unspecified atom stereocenters. The average molecular weight is 303 g/mol. The van der Waals surface area contributed by atoms with Gasteiger partial charge in [-0.15, -0.1) is 0 Å². The minimum Gasteiger partial charge on any atom is -0.378 e. The summed E-state index contributed by atoms with van der Waals surface area (Å²) >= 11 is 0. The van der Waals surface area contributed by atoms with Crippen LogP contribution in [0.2, 0.25) is 0 Å². The van der Waals surface area contributed by atoms with Gasteiger partial charge < -0.3 is 5.32 Å². The Morgan fingerprint density at radius 2 is 1.62 bits per heavy atom. The molecule has 1 N–H and O–H groups in total. The lowest BCUT2D eigenvalue weighted by atomic mass is 10.0. The summed E-state index contributed by atoms with van der Waals surface area (Å²) in [4.78, 5) is 0.333. The van der Waals surface area contributed by atoms with Crippen molar-refractivity contribution in [2.24, 2.45) is 0 Å². The molecule has 2 rings (SSSR count). The quantitative estimate of drug-likeness (QED) is 0.932. The van der Waals surface area contributed by atoms with Gasteiger partial charge in [-0.2, -0.15) is 0 Å². The minimum absolute atomic E-state index is 0.110. The van der Waals surface area contributed by atoms with Crippen LogP contribution in [0, 0.1) is 13.8 Å². The molecule has 4 heteroatoms. The van der Waals surface area contributed by atoms with Crippen molar-refractivity contribution < 1.29 is 8.42 Å². The molecule has 112 valence electrons. The van der Waals surface area contributed by atoms with Crippen molar-refractivity contribution in [3.63, 3.8) is 0 Å². The van der Waals surface area contributed by atoms with Gasteiger partial charge in [0.1, 0.15) is 0 Å². The van der Waals surface area contributed by atoms with Crippen LogP contribution in [0.3, 0.4) is 0 Å². The summed E-state index contributed by atoms with van der Waals surface area (Å²) in [6.45, 7) is 6.22. The molecule has 0 aliphatic carbocycles. The van der Waals surface area contributed by atoms with Crippen molar-refractivity contribution in [3.05, 3.63) is 59.2 Å². The Morgan fingerprint density at radius 3 is 2.19 bits per heavy atom. The Morgan fingerprint density at radius 1 is 1.00 bits per heavy atom. The fourth-order valence-corrected chi connectivity index (χ4v) is 3.08. The van der Waals surface area contributed by atoms with E-state index in [4.69, 9.17) is 0 Å². The minimum atomic E-state index is -3.18. The zero-order valence-corrected chi connectivity index (χ0v) is 13.7. The topological polar surface area (TPSA) is 46.2 Å². The summed E-state index contributed by atoms with van der Waals surface area (Å²) in [5.74, 6) is 0. The Bertz CT molecular complexity index is 731. The molecule has 0 spiro atoms. The fourth-order valence-electron chi connectivity index (χ4n) is 2.41. The van der Waals surface area contributed by atoms with E-state index in [0.717, 1.165) is 5.69 Å². The molecular formula is C17H21NO2S. The molecule has 2 aromatic rings. The molecule has 0 aliphatic heterocycles. The number of sulfone groups is 1. The number of aryl methyl sites for hydroxylation is 2. The molecule has 0 aliphatic rings. The van der Waals surface area contributed by atoms with Crippen molar-refractivity contribution in [3.8, 4) is 0 Å². The van der Waals surface area contributed by atoms with Gasteiger partial charge in [0.05, 0.1) is 4.90 Å². The SMILES string of the molecule is Cc1cc(C)cc(C(C)Nc2cccc(S(C)(=O)=O)c2)c1. The Balaban J connectivity index is 2.25. The van der Waals surface area contributed by atoms with E-state index in [-0.39, 0.29) is 6.04 Å². The van der Waals surface area contributed by atoms with Gasteiger partial charge in [0, 0.05) is 18.0 Å². The average Bonchev–Trinajstić information content (AvgIpc) is 2.37. The first-order valence-corrected chi connectivity index (χ1v) is 8.80. The van der Waals surface area contributed by atoms with Crippen LogP contribution in [-0.4, -0.2) is 14.7 Å². The summed E-state index contributed by atoms with van der Waals surface area (Å²) in [5, 5.41) is 3.36. The van der Waals surface area contributed by atoms with E-state index in [1.165, 1.54) is 22.9 Å². The molecule has 0 radical (unpaired) electrons. The molecular weight excluding hydrogens is 282 g/mol. The highest BCUT2D eigenvalue weighted by atomic mass is 32.2. The molecule has 1 atom stereocenters. The van der Waals surface area contributed by atoms with Crippen LogP contribution >= 0.6 is 0 Å². The van der Waals surface area contributed by atoms with Crippen LogP contribution in [-0.2, 0) is 9.84 Å². The highest BCUT2D eigenvalue weighted by molar-refractivity contribution is 7.90. The van der Waals surface area contributed by atoms with Crippen molar-refractivity contribution in [2.75, 3.05) is 11.6 Å². The smallest absolute Gasteiger partial charge is 0.175 e. The van der Waals surface area contributed by atoms with Gasteiger partial charge in [-0.3, -0.25) is 0 Å². The summed E-state index contributed by atoms with van der Waals surface area (Å²) < 4.78 is 23.2. The summed E-state index contributed by atoms with van der Waals surface area (Å²) in [7, 11) is -3.18. The molecule has 0 aromatic heterocycles. The Hall–Kier alpha value is -1.81. The van der Waals surface area contributed by atoms with Gasteiger partial charge >= 0.3 is 0 Å². The van der Waals surface area contributed by atoms with Crippen LogP contribution < -0.4 is 5.32 Å². The zero-order chi connectivity index (χ0) is 15.6. The number of rotatable bonds is 4. The predicted octanol–water partition coefficient (Wildman–Crippen LogP) is 3.88. The number of anilines is 1. The van der Waals surface area contributed by atoms with Gasteiger partial charge in [-0.1, -0.05) is 35.4 Å². The maximum absolute atomic E-state index is 11.6. The number of benzene rings is 2. The van der Waals surface area contributed by atoms with Gasteiger partial charge in [0.25, 0.3) is 0 Å². The van der Waals surface area contributed by atoms with Crippen molar-refractivity contribution >= 4 is 15.5 Å².